The van der Waals surface area contributed by atoms with Crippen LogP contribution in [0.1, 0.15) is 37.7 Å². The Balaban J connectivity index is 2.18. The van der Waals surface area contributed by atoms with Crippen molar-refractivity contribution in [1.29, 1.82) is 0 Å². The Morgan fingerprint density at radius 1 is 1.60 bits per heavy atom. The smallest absolute Gasteiger partial charge is 0.111 e. The lowest BCUT2D eigenvalue weighted by molar-refractivity contribution is 0.351. The molecular formula is C12H21N3. The van der Waals surface area contributed by atoms with Crippen LogP contribution in [-0.4, -0.2) is 23.1 Å². The predicted molar refractivity (Wildman–Crippen MR) is 62.1 cm³/mol. The zero-order valence-corrected chi connectivity index (χ0v) is 9.95. The van der Waals surface area contributed by atoms with Crippen molar-refractivity contribution in [2.45, 2.75) is 39.2 Å². The number of fused-ring (bicyclic) bond motifs is 1. The van der Waals surface area contributed by atoms with Gasteiger partial charge >= 0.3 is 0 Å². The van der Waals surface area contributed by atoms with Crippen molar-refractivity contribution in [3.05, 3.63) is 17.7 Å². The second kappa shape index (κ2) is 4.35. The first-order chi connectivity index (χ1) is 7.22. The van der Waals surface area contributed by atoms with E-state index < -0.39 is 0 Å². The summed E-state index contributed by atoms with van der Waals surface area (Å²) in [5.41, 5.74) is 1.42. The van der Waals surface area contributed by atoms with Crippen molar-refractivity contribution in [3.63, 3.8) is 0 Å². The molecule has 3 heteroatoms. The lowest BCUT2D eigenvalue weighted by Crippen LogP contribution is -2.29. The summed E-state index contributed by atoms with van der Waals surface area (Å²) < 4.78 is 2.43. The zero-order valence-electron chi connectivity index (χ0n) is 9.95. The van der Waals surface area contributed by atoms with E-state index in [0.717, 1.165) is 19.0 Å². The van der Waals surface area contributed by atoms with Crippen LogP contribution in [0.5, 0.6) is 0 Å². The molecule has 0 radical (unpaired) electrons. The average molecular weight is 207 g/mol. The second-order valence-electron chi connectivity index (χ2n) is 4.84. The number of aryl methyl sites for hydroxylation is 1. The molecule has 1 aromatic heterocycles. The summed E-state index contributed by atoms with van der Waals surface area (Å²) in [5, 5.41) is 3.28. The molecule has 2 rings (SSSR count). The van der Waals surface area contributed by atoms with Crippen molar-refractivity contribution < 1.29 is 0 Å². The molecule has 0 aliphatic carbocycles. The van der Waals surface area contributed by atoms with Crippen molar-refractivity contribution in [1.82, 2.24) is 14.9 Å². The van der Waals surface area contributed by atoms with Gasteiger partial charge in [0.15, 0.2) is 0 Å². The predicted octanol–water partition coefficient (Wildman–Crippen LogP) is 1.79. The number of nitrogens with one attached hydrogen (secondary N) is 1. The highest BCUT2D eigenvalue weighted by atomic mass is 15.1. The molecule has 0 fully saturated rings. The van der Waals surface area contributed by atoms with E-state index >= 15 is 0 Å². The van der Waals surface area contributed by atoms with E-state index in [1.54, 1.807) is 0 Å². The topological polar surface area (TPSA) is 29.9 Å². The molecule has 1 atom stereocenters. The highest BCUT2D eigenvalue weighted by Crippen LogP contribution is 2.24. The Bertz CT molecular complexity index is 328. The van der Waals surface area contributed by atoms with Gasteiger partial charge in [-0.25, -0.2) is 4.98 Å². The van der Waals surface area contributed by atoms with Crippen LogP contribution >= 0.6 is 0 Å². The van der Waals surface area contributed by atoms with Crippen LogP contribution in [0.15, 0.2) is 6.20 Å². The summed E-state index contributed by atoms with van der Waals surface area (Å²) in [4.78, 5) is 4.53. The maximum atomic E-state index is 4.53. The maximum absolute atomic E-state index is 4.53. The van der Waals surface area contributed by atoms with Crippen molar-refractivity contribution >= 4 is 0 Å². The number of hydrogen-bond acceptors (Lipinski definition) is 2. The average Bonchev–Trinajstić information content (AvgIpc) is 2.61. The van der Waals surface area contributed by atoms with E-state index in [2.05, 4.69) is 34.9 Å². The summed E-state index contributed by atoms with van der Waals surface area (Å²) in [6.45, 7) is 6.70. The van der Waals surface area contributed by atoms with Gasteiger partial charge in [0, 0.05) is 24.4 Å². The first kappa shape index (κ1) is 10.7. The first-order valence-electron chi connectivity index (χ1n) is 5.91. The Hall–Kier alpha value is -0.830. The summed E-state index contributed by atoms with van der Waals surface area (Å²) >= 11 is 0. The van der Waals surface area contributed by atoms with E-state index in [4.69, 9.17) is 0 Å². The lowest BCUT2D eigenvalue weighted by Gasteiger charge is -2.26. The van der Waals surface area contributed by atoms with Crippen molar-refractivity contribution in [3.8, 4) is 0 Å². The molecule has 15 heavy (non-hydrogen) atoms. The summed E-state index contributed by atoms with van der Waals surface area (Å²) in [5.74, 6) is 2.56. The minimum atomic E-state index is 0.534. The van der Waals surface area contributed by atoms with Gasteiger partial charge in [0.2, 0.25) is 0 Å². The molecule has 0 amide bonds. The van der Waals surface area contributed by atoms with Gasteiger partial charge in [-0.05, 0) is 32.4 Å². The van der Waals surface area contributed by atoms with Gasteiger partial charge in [-0.3, -0.25) is 0 Å². The number of rotatable bonds is 3. The molecule has 3 nitrogen and oxygen atoms in total. The van der Waals surface area contributed by atoms with Crippen molar-refractivity contribution in [2.75, 3.05) is 13.6 Å². The molecule has 1 unspecified atom stereocenters. The zero-order chi connectivity index (χ0) is 10.8. The van der Waals surface area contributed by atoms with Crippen LogP contribution in [0, 0.1) is 5.92 Å². The molecule has 1 aliphatic heterocycles. The Morgan fingerprint density at radius 3 is 3.07 bits per heavy atom. The largest absolute Gasteiger partial charge is 0.332 e. The van der Waals surface area contributed by atoms with Gasteiger partial charge in [0.05, 0.1) is 0 Å². The highest BCUT2D eigenvalue weighted by molar-refractivity contribution is 5.11. The van der Waals surface area contributed by atoms with Gasteiger partial charge in [-0.2, -0.15) is 0 Å². The van der Waals surface area contributed by atoms with E-state index in [9.17, 15) is 0 Å². The molecule has 1 aliphatic rings. The van der Waals surface area contributed by atoms with Crippen LogP contribution in [0.3, 0.4) is 0 Å². The first-order valence-corrected chi connectivity index (χ1v) is 5.91. The van der Waals surface area contributed by atoms with E-state index in [1.165, 1.54) is 24.4 Å². The molecule has 0 saturated heterocycles. The Labute approximate surface area is 91.9 Å². The standard InChI is InChI=1S/C12H21N3/c1-9(2)12-14-7-11-5-4-10(6-13-3)8-15(11)12/h7,9-10,13H,4-6,8H2,1-3H3. The van der Waals surface area contributed by atoms with Crippen LogP contribution in [0.25, 0.3) is 0 Å². The van der Waals surface area contributed by atoms with Crippen LogP contribution in [0.2, 0.25) is 0 Å². The third-order valence-electron chi connectivity index (χ3n) is 3.23. The SMILES string of the molecule is CNCC1CCc2cnc(C(C)C)n2C1. The molecular weight excluding hydrogens is 186 g/mol. The van der Waals surface area contributed by atoms with Crippen LogP contribution in [-0.2, 0) is 13.0 Å². The number of nitrogens with zero attached hydrogens (tertiary/aromatic N) is 2. The number of aromatic nitrogens is 2. The molecule has 84 valence electrons. The summed E-state index contributed by atoms with van der Waals surface area (Å²) in [6, 6.07) is 0. The maximum Gasteiger partial charge on any atom is 0.111 e. The van der Waals surface area contributed by atoms with Crippen molar-refractivity contribution in [2.24, 2.45) is 5.92 Å². The van der Waals surface area contributed by atoms with Gasteiger partial charge < -0.3 is 9.88 Å². The molecule has 0 spiro atoms. The fourth-order valence-corrected chi connectivity index (χ4v) is 2.45. The van der Waals surface area contributed by atoms with Gasteiger partial charge in [0.1, 0.15) is 5.82 Å². The molecule has 0 saturated carbocycles. The molecule has 1 aromatic rings. The van der Waals surface area contributed by atoms with E-state index in [1.807, 2.05) is 7.05 Å². The fourth-order valence-electron chi connectivity index (χ4n) is 2.45. The van der Waals surface area contributed by atoms with Gasteiger partial charge in [0.25, 0.3) is 0 Å². The van der Waals surface area contributed by atoms with Gasteiger partial charge in [-0.1, -0.05) is 13.8 Å². The normalized spacial score (nSPS) is 20.7. The lowest BCUT2D eigenvalue weighted by atomic mass is 9.98. The summed E-state index contributed by atoms with van der Waals surface area (Å²) in [6.07, 6.45) is 4.54. The van der Waals surface area contributed by atoms with Crippen LogP contribution < -0.4 is 5.32 Å². The molecule has 0 bridgehead atoms. The monoisotopic (exact) mass is 207 g/mol. The van der Waals surface area contributed by atoms with Gasteiger partial charge in [-0.15, -0.1) is 0 Å². The van der Waals surface area contributed by atoms with E-state index in [-0.39, 0.29) is 0 Å². The minimum Gasteiger partial charge on any atom is -0.332 e. The highest BCUT2D eigenvalue weighted by Gasteiger charge is 2.21. The third kappa shape index (κ3) is 2.07. The van der Waals surface area contributed by atoms with Crippen LogP contribution in [0.4, 0.5) is 0 Å². The summed E-state index contributed by atoms with van der Waals surface area (Å²) in [7, 11) is 2.03. The quantitative estimate of drug-likeness (QED) is 0.819. The second-order valence-corrected chi connectivity index (χ2v) is 4.84. The third-order valence-corrected chi connectivity index (χ3v) is 3.23. The Kier molecular flexibility index (Phi) is 3.10. The minimum absolute atomic E-state index is 0.534. The number of hydrogen-bond donors (Lipinski definition) is 1. The molecule has 2 heterocycles. The van der Waals surface area contributed by atoms with E-state index in [0.29, 0.717) is 5.92 Å². The molecule has 1 N–H and O–H groups in total. The Morgan fingerprint density at radius 2 is 2.40 bits per heavy atom. The molecule has 0 aromatic carbocycles. The fraction of sp³-hybridized carbons (Fsp3) is 0.750. The number of imidazole rings is 1.